The summed E-state index contributed by atoms with van der Waals surface area (Å²) in [5, 5.41) is 0. The number of aryl methyl sites for hydroxylation is 2. The molecule has 2 atom stereocenters. The fraction of sp³-hybridized carbons (Fsp3) is 0.383. The molecule has 0 aromatic heterocycles. The SMILES string of the molecule is O=C(Oc1ccc2c(c1)C(c1ccc(O[C@H]3CCN(CCCF)C3)cc1)=C(Br)CC2)Oc1ccc2c(c1)C(c1ccc(O[C@H]3CCN(CCCF)C3)cc1)=C(Br)CC2. The number of halogens is 4. The van der Waals surface area contributed by atoms with Crippen LogP contribution in [0.15, 0.2) is 93.9 Å². The Hall–Kier alpha value is -4.03. The van der Waals surface area contributed by atoms with Crippen molar-refractivity contribution in [1.82, 2.24) is 9.80 Å². The third kappa shape index (κ3) is 9.70. The zero-order valence-corrected chi connectivity index (χ0v) is 35.7. The minimum Gasteiger partial charge on any atom is -0.489 e. The lowest BCUT2D eigenvalue weighted by Crippen LogP contribution is -2.26. The Morgan fingerprint density at radius 2 is 1.00 bits per heavy atom. The van der Waals surface area contributed by atoms with Crippen LogP contribution in [0.25, 0.3) is 11.1 Å². The van der Waals surface area contributed by atoms with Crippen LogP contribution in [-0.2, 0) is 12.8 Å². The Morgan fingerprint density at radius 3 is 1.41 bits per heavy atom. The van der Waals surface area contributed by atoms with Crippen molar-refractivity contribution in [3.05, 3.63) is 127 Å². The number of rotatable bonds is 14. The van der Waals surface area contributed by atoms with Gasteiger partial charge in [-0.05, 0) is 144 Å². The summed E-state index contributed by atoms with van der Waals surface area (Å²) in [6, 6.07) is 27.8. The first-order valence-corrected chi connectivity index (χ1v) is 22.0. The van der Waals surface area contributed by atoms with E-state index >= 15 is 0 Å². The minimum absolute atomic E-state index is 0.0986. The monoisotopic (exact) mass is 916 g/mol. The smallest absolute Gasteiger partial charge is 0.489 e. The van der Waals surface area contributed by atoms with Crippen LogP contribution < -0.4 is 18.9 Å². The van der Waals surface area contributed by atoms with Crippen LogP contribution in [0.1, 0.15) is 71.9 Å². The molecule has 58 heavy (non-hydrogen) atoms. The Bertz CT molecular complexity index is 2010. The molecule has 0 spiro atoms. The number of carbonyl (C=O) groups is 1. The molecule has 4 aliphatic rings. The molecule has 4 aromatic rings. The normalized spacial score (nSPS) is 19.6. The molecule has 0 radical (unpaired) electrons. The largest absolute Gasteiger partial charge is 0.519 e. The quantitative estimate of drug-likeness (QED) is 0.0922. The lowest BCUT2D eigenvalue weighted by Gasteiger charge is -2.23. The molecule has 0 unspecified atom stereocenters. The standard InChI is InChI=1S/C47H48Br2F2N2O5/c48-43-17-9-31-3-15-37(27-41(31)45(43)33-5-11-35(12-6-33)55-39-19-25-52(29-39)23-1-21-50)57-47(54)58-38-16-4-32-10-18-44(49)46(42(32)28-38)34-7-13-36(14-8-34)56-40-20-26-53(30-40)24-2-22-51/h3-8,11-16,27-28,39-40H,1-2,9-10,17-26,29-30H2/t39-,40-/m0/s1. The maximum atomic E-state index is 13.3. The van der Waals surface area contributed by atoms with E-state index < -0.39 is 6.16 Å². The molecule has 0 saturated carbocycles. The fourth-order valence-corrected chi connectivity index (χ4v) is 9.83. The van der Waals surface area contributed by atoms with E-state index in [1.54, 1.807) is 0 Å². The highest BCUT2D eigenvalue weighted by Crippen LogP contribution is 2.42. The van der Waals surface area contributed by atoms with Gasteiger partial charge in [-0.25, -0.2) is 4.79 Å². The third-order valence-electron chi connectivity index (χ3n) is 11.4. The molecule has 0 bridgehead atoms. The summed E-state index contributed by atoms with van der Waals surface area (Å²) in [4.78, 5) is 17.8. The zero-order valence-electron chi connectivity index (χ0n) is 32.5. The molecule has 2 aliphatic heterocycles. The van der Waals surface area contributed by atoms with Gasteiger partial charge in [-0.2, -0.15) is 0 Å². The van der Waals surface area contributed by atoms with Gasteiger partial charge in [0.15, 0.2) is 0 Å². The summed E-state index contributed by atoms with van der Waals surface area (Å²) in [6.45, 7) is 4.45. The lowest BCUT2D eigenvalue weighted by molar-refractivity contribution is 0.152. The number of hydrogen-bond donors (Lipinski definition) is 0. The van der Waals surface area contributed by atoms with Crippen molar-refractivity contribution < 1.29 is 32.5 Å². The van der Waals surface area contributed by atoms with E-state index in [4.69, 9.17) is 18.9 Å². The van der Waals surface area contributed by atoms with Crippen molar-refractivity contribution >= 4 is 49.2 Å². The van der Waals surface area contributed by atoms with E-state index in [-0.39, 0.29) is 25.6 Å². The fourth-order valence-electron chi connectivity index (χ4n) is 8.55. The molecule has 2 aliphatic carbocycles. The first-order chi connectivity index (χ1) is 28.3. The number of nitrogens with zero attached hydrogens (tertiary/aromatic N) is 2. The van der Waals surface area contributed by atoms with E-state index in [1.807, 2.05) is 60.7 Å². The molecule has 8 rings (SSSR count). The molecule has 0 amide bonds. The van der Waals surface area contributed by atoms with Crippen molar-refractivity contribution in [2.75, 3.05) is 52.6 Å². The maximum Gasteiger partial charge on any atom is 0.519 e. The second-order valence-corrected chi connectivity index (χ2v) is 17.4. The van der Waals surface area contributed by atoms with E-state index in [9.17, 15) is 13.6 Å². The van der Waals surface area contributed by atoms with Crippen LogP contribution in [0.5, 0.6) is 23.0 Å². The van der Waals surface area contributed by atoms with Crippen LogP contribution in [0, 0.1) is 0 Å². The highest BCUT2D eigenvalue weighted by molar-refractivity contribution is 9.12. The molecule has 7 nitrogen and oxygen atoms in total. The average molecular weight is 919 g/mol. The van der Waals surface area contributed by atoms with Gasteiger partial charge in [0.25, 0.3) is 0 Å². The van der Waals surface area contributed by atoms with Crippen molar-refractivity contribution in [3.63, 3.8) is 0 Å². The molecule has 304 valence electrons. The van der Waals surface area contributed by atoms with E-state index in [0.717, 1.165) is 132 Å². The van der Waals surface area contributed by atoms with Gasteiger partial charge in [0.05, 0.1) is 13.3 Å². The average Bonchev–Trinajstić information content (AvgIpc) is 3.88. The summed E-state index contributed by atoms with van der Waals surface area (Å²) in [7, 11) is 0. The van der Waals surface area contributed by atoms with E-state index in [0.29, 0.717) is 24.3 Å². The van der Waals surface area contributed by atoms with Gasteiger partial charge in [-0.15, -0.1) is 0 Å². The van der Waals surface area contributed by atoms with Gasteiger partial charge >= 0.3 is 6.16 Å². The number of likely N-dealkylation sites (tertiary alicyclic amines) is 2. The van der Waals surface area contributed by atoms with Gasteiger partial charge in [-0.1, -0.05) is 68.3 Å². The van der Waals surface area contributed by atoms with Crippen molar-refractivity contribution in [2.45, 2.75) is 63.6 Å². The van der Waals surface area contributed by atoms with Gasteiger partial charge in [0.1, 0.15) is 35.2 Å². The lowest BCUT2D eigenvalue weighted by atomic mass is 9.86. The predicted octanol–water partition coefficient (Wildman–Crippen LogP) is 11.1. The molecule has 2 saturated heterocycles. The van der Waals surface area contributed by atoms with Crippen LogP contribution in [0.2, 0.25) is 0 Å². The molecule has 11 heteroatoms. The summed E-state index contributed by atoms with van der Waals surface area (Å²) >= 11 is 7.68. The minimum atomic E-state index is -0.811. The number of alkyl halides is 2. The molecular weight excluding hydrogens is 870 g/mol. The van der Waals surface area contributed by atoms with Crippen LogP contribution in [0.4, 0.5) is 13.6 Å². The van der Waals surface area contributed by atoms with Crippen LogP contribution in [-0.4, -0.2) is 80.8 Å². The number of ether oxygens (including phenoxy) is 4. The highest BCUT2D eigenvalue weighted by Gasteiger charge is 2.27. The van der Waals surface area contributed by atoms with Gasteiger partial charge < -0.3 is 18.9 Å². The number of hydrogen-bond acceptors (Lipinski definition) is 7. The van der Waals surface area contributed by atoms with Gasteiger partial charge in [0, 0.05) is 48.2 Å². The zero-order chi connectivity index (χ0) is 40.0. The molecule has 4 aromatic carbocycles. The maximum absolute atomic E-state index is 13.3. The van der Waals surface area contributed by atoms with Crippen LogP contribution >= 0.6 is 31.9 Å². The van der Waals surface area contributed by atoms with Crippen LogP contribution in [0.3, 0.4) is 0 Å². The Morgan fingerprint density at radius 1 is 0.586 bits per heavy atom. The van der Waals surface area contributed by atoms with Crippen molar-refractivity contribution in [1.29, 1.82) is 0 Å². The molecule has 2 heterocycles. The Kier molecular flexibility index (Phi) is 13.3. The number of carbonyl (C=O) groups excluding carboxylic acids is 1. The Labute approximate surface area is 356 Å². The Balaban J connectivity index is 0.919. The van der Waals surface area contributed by atoms with Crippen molar-refractivity contribution in [2.24, 2.45) is 0 Å². The summed E-state index contributed by atoms with van der Waals surface area (Å²) < 4.78 is 51.6. The first-order valence-electron chi connectivity index (χ1n) is 20.4. The summed E-state index contributed by atoms with van der Waals surface area (Å²) in [5.41, 5.74) is 8.53. The van der Waals surface area contributed by atoms with Crippen molar-refractivity contribution in [3.8, 4) is 23.0 Å². The van der Waals surface area contributed by atoms with Gasteiger partial charge in [0.2, 0.25) is 0 Å². The number of allylic oxidation sites excluding steroid dienone is 2. The van der Waals surface area contributed by atoms with Gasteiger partial charge in [-0.3, -0.25) is 18.6 Å². The molecule has 0 N–H and O–H groups in total. The summed E-state index contributed by atoms with van der Waals surface area (Å²) in [5.74, 6) is 2.42. The number of fused-ring (bicyclic) bond motifs is 2. The highest BCUT2D eigenvalue weighted by atomic mass is 79.9. The third-order valence-corrected chi connectivity index (χ3v) is 13.0. The topological polar surface area (TPSA) is 60.5 Å². The van der Waals surface area contributed by atoms with E-state index in [2.05, 4.69) is 65.9 Å². The first kappa shape index (κ1) is 40.7. The van der Waals surface area contributed by atoms with E-state index in [1.165, 1.54) is 11.1 Å². The molecular formula is C47H48Br2F2N2O5. The summed E-state index contributed by atoms with van der Waals surface area (Å²) in [6.07, 6.45) is 5.84. The second kappa shape index (κ2) is 18.9. The molecule has 2 fully saturated rings. The predicted molar refractivity (Wildman–Crippen MR) is 231 cm³/mol. The number of benzene rings is 4. The second-order valence-electron chi connectivity index (χ2n) is 15.4.